The molecule has 2 heteroatoms. The van der Waals surface area contributed by atoms with Crippen LogP contribution >= 0.6 is 0 Å². The number of nitrogens with one attached hydrogen (secondary N) is 1. The molecule has 3 rings (SSSR count). The quantitative estimate of drug-likeness (QED) is 0.560. The second-order valence-electron chi connectivity index (χ2n) is 5.42. The van der Waals surface area contributed by atoms with Gasteiger partial charge in [-0.1, -0.05) is 66.7 Å². The summed E-state index contributed by atoms with van der Waals surface area (Å²) in [6.45, 7) is 2.14. The minimum Gasteiger partial charge on any atom is -0.271 e. The molecule has 0 radical (unpaired) electrons. The molecule has 0 aliphatic carbocycles. The Morgan fingerprint density at radius 1 is 0.905 bits per heavy atom. The molecule has 1 unspecified atom stereocenters. The average molecular weight is 276 g/mol. The second kappa shape index (κ2) is 6.08. The molecule has 0 saturated heterocycles. The SMILES string of the molecule is Cc1ccccc1CC(NN)c1cccc2ccccc12. The lowest BCUT2D eigenvalue weighted by Crippen LogP contribution is -2.29. The van der Waals surface area contributed by atoms with E-state index in [4.69, 9.17) is 5.84 Å². The van der Waals surface area contributed by atoms with Crippen molar-refractivity contribution in [3.05, 3.63) is 83.4 Å². The summed E-state index contributed by atoms with van der Waals surface area (Å²) in [5.41, 5.74) is 6.87. The molecule has 21 heavy (non-hydrogen) atoms. The minimum atomic E-state index is 0.109. The molecule has 3 N–H and O–H groups in total. The summed E-state index contributed by atoms with van der Waals surface area (Å²) in [5.74, 6) is 5.84. The van der Waals surface area contributed by atoms with Gasteiger partial charge in [-0.3, -0.25) is 11.3 Å². The highest BCUT2D eigenvalue weighted by molar-refractivity contribution is 5.86. The van der Waals surface area contributed by atoms with Gasteiger partial charge in [0.1, 0.15) is 0 Å². The fourth-order valence-corrected chi connectivity index (χ4v) is 2.87. The predicted octanol–water partition coefficient (Wildman–Crippen LogP) is 3.90. The van der Waals surface area contributed by atoms with Crippen LogP contribution in [0.1, 0.15) is 22.7 Å². The summed E-state index contributed by atoms with van der Waals surface area (Å²) in [7, 11) is 0. The maximum Gasteiger partial charge on any atom is 0.0506 e. The molecule has 0 fully saturated rings. The highest BCUT2D eigenvalue weighted by Crippen LogP contribution is 2.27. The van der Waals surface area contributed by atoms with Crippen LogP contribution in [0.4, 0.5) is 0 Å². The Kier molecular flexibility index (Phi) is 4.00. The van der Waals surface area contributed by atoms with Crippen molar-refractivity contribution in [3.8, 4) is 0 Å². The third-order valence-electron chi connectivity index (χ3n) is 4.09. The molecular weight excluding hydrogens is 256 g/mol. The first-order valence-electron chi connectivity index (χ1n) is 7.28. The Morgan fingerprint density at radius 2 is 1.62 bits per heavy atom. The molecule has 3 aromatic rings. The summed E-state index contributed by atoms with van der Waals surface area (Å²) in [4.78, 5) is 0. The van der Waals surface area contributed by atoms with Gasteiger partial charge in [-0.25, -0.2) is 0 Å². The van der Waals surface area contributed by atoms with E-state index in [0.717, 1.165) is 6.42 Å². The number of hydrogen-bond donors (Lipinski definition) is 2. The van der Waals surface area contributed by atoms with E-state index in [2.05, 4.69) is 79.1 Å². The average Bonchev–Trinajstić information content (AvgIpc) is 2.54. The van der Waals surface area contributed by atoms with Crippen LogP contribution < -0.4 is 11.3 Å². The third-order valence-corrected chi connectivity index (χ3v) is 4.09. The molecule has 1 atom stereocenters. The maximum atomic E-state index is 5.84. The van der Waals surface area contributed by atoms with Crippen molar-refractivity contribution >= 4 is 10.8 Å². The van der Waals surface area contributed by atoms with E-state index in [9.17, 15) is 0 Å². The van der Waals surface area contributed by atoms with Gasteiger partial charge in [-0.15, -0.1) is 0 Å². The topological polar surface area (TPSA) is 38.0 Å². The van der Waals surface area contributed by atoms with Gasteiger partial charge in [-0.2, -0.15) is 0 Å². The molecule has 0 amide bonds. The molecule has 0 aliphatic rings. The van der Waals surface area contributed by atoms with Crippen LogP contribution in [-0.2, 0) is 6.42 Å². The molecule has 0 saturated carbocycles. The molecule has 0 aliphatic heterocycles. The fraction of sp³-hybridized carbons (Fsp3) is 0.158. The van der Waals surface area contributed by atoms with E-state index >= 15 is 0 Å². The summed E-state index contributed by atoms with van der Waals surface area (Å²) in [6.07, 6.45) is 0.886. The van der Waals surface area contributed by atoms with Crippen molar-refractivity contribution in [2.45, 2.75) is 19.4 Å². The van der Waals surface area contributed by atoms with Crippen molar-refractivity contribution in [2.24, 2.45) is 5.84 Å². The molecule has 3 aromatic carbocycles. The lowest BCUT2D eigenvalue weighted by Gasteiger charge is -2.19. The van der Waals surface area contributed by atoms with Gasteiger partial charge in [0.2, 0.25) is 0 Å². The maximum absolute atomic E-state index is 5.84. The normalized spacial score (nSPS) is 12.5. The zero-order chi connectivity index (χ0) is 14.7. The Balaban J connectivity index is 2.01. The number of hydrogen-bond acceptors (Lipinski definition) is 2. The number of aryl methyl sites for hydroxylation is 1. The van der Waals surface area contributed by atoms with Gasteiger partial charge in [0, 0.05) is 0 Å². The van der Waals surface area contributed by atoms with Gasteiger partial charge in [0.25, 0.3) is 0 Å². The van der Waals surface area contributed by atoms with Crippen LogP contribution in [0.2, 0.25) is 0 Å². The van der Waals surface area contributed by atoms with Gasteiger partial charge in [0.15, 0.2) is 0 Å². The van der Waals surface area contributed by atoms with Crippen molar-refractivity contribution in [1.29, 1.82) is 0 Å². The smallest absolute Gasteiger partial charge is 0.0506 e. The Morgan fingerprint density at radius 3 is 2.43 bits per heavy atom. The van der Waals surface area contributed by atoms with E-state index in [1.54, 1.807) is 0 Å². The Hall–Kier alpha value is -2.16. The van der Waals surface area contributed by atoms with Crippen LogP contribution in [0.15, 0.2) is 66.7 Å². The largest absolute Gasteiger partial charge is 0.271 e. The second-order valence-corrected chi connectivity index (χ2v) is 5.42. The van der Waals surface area contributed by atoms with Crippen molar-refractivity contribution < 1.29 is 0 Å². The lowest BCUT2D eigenvalue weighted by molar-refractivity contribution is 0.554. The molecular formula is C19H20N2. The van der Waals surface area contributed by atoms with E-state index < -0.39 is 0 Å². The Bertz CT molecular complexity index is 744. The number of nitrogens with two attached hydrogens (primary N) is 1. The molecule has 106 valence electrons. The number of benzene rings is 3. The highest BCUT2D eigenvalue weighted by Gasteiger charge is 2.14. The van der Waals surface area contributed by atoms with E-state index in [1.807, 2.05) is 0 Å². The third kappa shape index (κ3) is 2.82. The van der Waals surface area contributed by atoms with Crippen LogP contribution in [0.25, 0.3) is 10.8 Å². The number of hydrazine groups is 1. The standard InChI is InChI=1S/C19H20N2/c1-14-7-2-3-9-16(14)13-19(21-20)18-12-6-10-15-8-4-5-11-17(15)18/h2-12,19,21H,13,20H2,1H3. The Labute approximate surface area is 125 Å². The molecule has 2 nitrogen and oxygen atoms in total. The molecule has 0 aromatic heterocycles. The zero-order valence-corrected chi connectivity index (χ0v) is 12.2. The van der Waals surface area contributed by atoms with Crippen molar-refractivity contribution in [1.82, 2.24) is 5.43 Å². The fourth-order valence-electron chi connectivity index (χ4n) is 2.87. The summed E-state index contributed by atoms with van der Waals surface area (Å²) in [6, 6.07) is 23.4. The zero-order valence-electron chi connectivity index (χ0n) is 12.2. The first-order chi connectivity index (χ1) is 10.3. The first-order valence-corrected chi connectivity index (χ1v) is 7.28. The van der Waals surface area contributed by atoms with Gasteiger partial charge in [-0.05, 0) is 40.8 Å². The molecule has 0 bridgehead atoms. The van der Waals surface area contributed by atoms with Crippen molar-refractivity contribution in [3.63, 3.8) is 0 Å². The van der Waals surface area contributed by atoms with Crippen LogP contribution in [0.3, 0.4) is 0 Å². The monoisotopic (exact) mass is 276 g/mol. The first kappa shape index (κ1) is 13.8. The van der Waals surface area contributed by atoms with E-state index in [-0.39, 0.29) is 6.04 Å². The number of fused-ring (bicyclic) bond motifs is 1. The summed E-state index contributed by atoms with van der Waals surface area (Å²) < 4.78 is 0. The van der Waals surface area contributed by atoms with Gasteiger partial charge >= 0.3 is 0 Å². The van der Waals surface area contributed by atoms with Gasteiger partial charge < -0.3 is 0 Å². The van der Waals surface area contributed by atoms with E-state index in [1.165, 1.54) is 27.5 Å². The van der Waals surface area contributed by atoms with Crippen LogP contribution in [-0.4, -0.2) is 0 Å². The van der Waals surface area contributed by atoms with Crippen LogP contribution in [0.5, 0.6) is 0 Å². The highest BCUT2D eigenvalue weighted by atomic mass is 15.2. The van der Waals surface area contributed by atoms with E-state index in [0.29, 0.717) is 0 Å². The number of rotatable bonds is 4. The lowest BCUT2D eigenvalue weighted by atomic mass is 9.93. The molecule has 0 spiro atoms. The van der Waals surface area contributed by atoms with Crippen molar-refractivity contribution in [2.75, 3.05) is 0 Å². The minimum absolute atomic E-state index is 0.109. The van der Waals surface area contributed by atoms with Gasteiger partial charge in [0.05, 0.1) is 6.04 Å². The predicted molar refractivity (Wildman–Crippen MR) is 88.9 cm³/mol. The van der Waals surface area contributed by atoms with Crippen LogP contribution in [0, 0.1) is 6.92 Å². The summed E-state index contributed by atoms with van der Waals surface area (Å²) >= 11 is 0. The molecule has 0 heterocycles. The summed E-state index contributed by atoms with van der Waals surface area (Å²) in [5, 5.41) is 2.51.